The first-order valence-corrected chi connectivity index (χ1v) is 5.83. The van der Waals surface area contributed by atoms with Crippen LogP contribution in [0, 0.1) is 0 Å². The quantitative estimate of drug-likeness (QED) is 0.444. The summed E-state index contributed by atoms with van der Waals surface area (Å²) in [4.78, 5) is 22.0. The molecule has 0 atom stereocenters. The largest absolute Gasteiger partial charge is 0.461 e. The molecule has 1 heterocycles. The van der Waals surface area contributed by atoms with Crippen LogP contribution < -0.4 is 11.1 Å². The van der Waals surface area contributed by atoms with Gasteiger partial charge in [-0.15, -0.1) is 0 Å². The number of ether oxygens (including phenoxy) is 1. The zero-order valence-electron chi connectivity index (χ0n) is 10.4. The maximum atomic E-state index is 11.5. The summed E-state index contributed by atoms with van der Waals surface area (Å²) in [5.74, 6) is -0.726. The number of rotatable bonds is 8. The minimum Gasteiger partial charge on any atom is -0.461 e. The number of nitrogens with zero attached hydrogens (tertiary/aromatic N) is 1. The lowest BCUT2D eigenvalue weighted by molar-refractivity contribution is -0.118. The topological polar surface area (TPSA) is 110 Å². The minimum absolute atomic E-state index is 0.313. The molecular weight excluding hydrogens is 236 g/mol. The predicted molar refractivity (Wildman–Crippen MR) is 64.7 cm³/mol. The molecule has 18 heavy (non-hydrogen) atoms. The Morgan fingerprint density at radius 1 is 1.56 bits per heavy atom. The van der Waals surface area contributed by atoms with Crippen LogP contribution >= 0.6 is 0 Å². The smallest absolute Gasteiger partial charge is 0.356 e. The van der Waals surface area contributed by atoms with E-state index in [1.807, 2.05) is 0 Å². The number of carbonyl (C=O) groups excluding carboxylic acids is 2. The summed E-state index contributed by atoms with van der Waals surface area (Å²) in [6.07, 6.45) is 2.60. The molecule has 0 aliphatic heterocycles. The number of primary amides is 1. The highest BCUT2D eigenvalue weighted by Gasteiger charge is 2.14. The van der Waals surface area contributed by atoms with Crippen LogP contribution in [0.25, 0.3) is 0 Å². The van der Waals surface area contributed by atoms with Gasteiger partial charge < -0.3 is 15.8 Å². The van der Waals surface area contributed by atoms with E-state index in [1.165, 1.54) is 0 Å². The van der Waals surface area contributed by atoms with Gasteiger partial charge in [-0.1, -0.05) is 0 Å². The molecule has 0 aliphatic rings. The average Bonchev–Trinajstić information content (AvgIpc) is 2.77. The highest BCUT2D eigenvalue weighted by molar-refractivity contribution is 5.88. The van der Waals surface area contributed by atoms with Gasteiger partial charge in [-0.3, -0.25) is 9.89 Å². The third-order valence-electron chi connectivity index (χ3n) is 2.29. The summed E-state index contributed by atoms with van der Waals surface area (Å²) >= 11 is 0. The van der Waals surface area contributed by atoms with Crippen molar-refractivity contribution in [2.45, 2.75) is 26.3 Å². The third kappa shape index (κ3) is 4.54. The van der Waals surface area contributed by atoms with Gasteiger partial charge in [0.1, 0.15) is 5.69 Å². The van der Waals surface area contributed by atoms with Gasteiger partial charge in [-0.05, 0) is 19.9 Å². The van der Waals surface area contributed by atoms with Crippen molar-refractivity contribution in [1.82, 2.24) is 15.5 Å². The van der Waals surface area contributed by atoms with Gasteiger partial charge in [0.05, 0.1) is 12.8 Å². The number of hydrogen-bond acceptors (Lipinski definition) is 5. The summed E-state index contributed by atoms with van der Waals surface area (Å²) in [5.41, 5.74) is 6.13. The summed E-state index contributed by atoms with van der Waals surface area (Å²) in [5, 5.41) is 9.53. The van der Waals surface area contributed by atoms with E-state index in [1.54, 1.807) is 13.1 Å². The Morgan fingerprint density at radius 2 is 2.33 bits per heavy atom. The van der Waals surface area contributed by atoms with Gasteiger partial charge >= 0.3 is 5.97 Å². The van der Waals surface area contributed by atoms with Crippen LogP contribution in [0.2, 0.25) is 0 Å². The molecule has 7 nitrogen and oxygen atoms in total. The number of carbonyl (C=O) groups is 2. The van der Waals surface area contributed by atoms with E-state index in [-0.39, 0.29) is 5.91 Å². The summed E-state index contributed by atoms with van der Waals surface area (Å²) in [6.45, 7) is 3.21. The molecule has 0 radical (unpaired) electrons. The molecule has 1 aromatic heterocycles. The predicted octanol–water partition coefficient (Wildman–Crippen LogP) is -0.0585. The number of esters is 1. The lowest BCUT2D eigenvalue weighted by Crippen LogP contribution is -2.19. The molecule has 100 valence electrons. The van der Waals surface area contributed by atoms with E-state index in [0.717, 1.165) is 5.56 Å². The molecule has 1 rings (SSSR count). The van der Waals surface area contributed by atoms with Crippen LogP contribution in [-0.4, -0.2) is 35.2 Å². The van der Waals surface area contributed by atoms with Crippen molar-refractivity contribution >= 4 is 11.9 Å². The van der Waals surface area contributed by atoms with Crippen molar-refractivity contribution in [3.63, 3.8) is 0 Å². The van der Waals surface area contributed by atoms with Gasteiger partial charge in [0.25, 0.3) is 0 Å². The van der Waals surface area contributed by atoms with Crippen LogP contribution in [0.3, 0.4) is 0 Å². The fraction of sp³-hybridized carbons (Fsp3) is 0.545. The van der Waals surface area contributed by atoms with Gasteiger partial charge in [0.2, 0.25) is 5.91 Å². The Bertz CT molecular complexity index is 403. The first kappa shape index (κ1) is 14.2. The van der Waals surface area contributed by atoms with Crippen molar-refractivity contribution in [3.05, 3.63) is 17.5 Å². The molecule has 0 unspecified atom stereocenters. The minimum atomic E-state index is -0.413. The van der Waals surface area contributed by atoms with E-state index in [0.29, 0.717) is 38.2 Å². The highest BCUT2D eigenvalue weighted by Crippen LogP contribution is 2.06. The zero-order chi connectivity index (χ0) is 13.4. The van der Waals surface area contributed by atoms with Gasteiger partial charge in [0.15, 0.2) is 0 Å². The van der Waals surface area contributed by atoms with Crippen LogP contribution in [0.5, 0.6) is 0 Å². The van der Waals surface area contributed by atoms with E-state index in [4.69, 9.17) is 10.5 Å². The number of aromatic amines is 1. The first-order valence-electron chi connectivity index (χ1n) is 5.83. The van der Waals surface area contributed by atoms with Crippen molar-refractivity contribution in [1.29, 1.82) is 0 Å². The van der Waals surface area contributed by atoms with E-state index in [2.05, 4.69) is 15.5 Å². The second-order valence-electron chi connectivity index (χ2n) is 3.74. The fourth-order valence-electron chi connectivity index (χ4n) is 1.44. The molecule has 1 amide bonds. The monoisotopic (exact) mass is 254 g/mol. The fourth-order valence-corrected chi connectivity index (χ4v) is 1.44. The SMILES string of the molecule is CCOC(=O)c1[nH]ncc1CNCCCC(N)=O. The lowest BCUT2D eigenvalue weighted by atomic mass is 10.2. The lowest BCUT2D eigenvalue weighted by Gasteiger charge is -2.04. The van der Waals surface area contributed by atoms with Gasteiger partial charge in [-0.25, -0.2) is 4.79 Å². The first-order chi connectivity index (χ1) is 8.65. The average molecular weight is 254 g/mol. The van der Waals surface area contributed by atoms with E-state index >= 15 is 0 Å². The molecule has 0 saturated heterocycles. The number of nitrogens with one attached hydrogen (secondary N) is 2. The normalized spacial score (nSPS) is 10.3. The van der Waals surface area contributed by atoms with Crippen molar-refractivity contribution in [2.75, 3.05) is 13.2 Å². The second-order valence-corrected chi connectivity index (χ2v) is 3.74. The number of hydrogen-bond donors (Lipinski definition) is 3. The summed E-state index contributed by atoms with van der Waals surface area (Å²) in [7, 11) is 0. The van der Waals surface area contributed by atoms with Crippen molar-refractivity contribution < 1.29 is 14.3 Å². The number of aromatic nitrogens is 2. The standard InChI is InChI=1S/C11H18N4O3/c1-2-18-11(17)10-8(7-14-15-10)6-13-5-3-4-9(12)16/h7,13H,2-6H2,1H3,(H2,12,16)(H,14,15). The molecule has 4 N–H and O–H groups in total. The van der Waals surface area contributed by atoms with Crippen molar-refractivity contribution in [3.8, 4) is 0 Å². The molecular formula is C11H18N4O3. The Hall–Kier alpha value is -1.89. The Morgan fingerprint density at radius 3 is 3.00 bits per heavy atom. The molecule has 0 aliphatic carbocycles. The molecule has 0 bridgehead atoms. The molecule has 0 saturated carbocycles. The van der Waals surface area contributed by atoms with Crippen LogP contribution in [0.4, 0.5) is 0 Å². The van der Waals surface area contributed by atoms with E-state index in [9.17, 15) is 9.59 Å². The molecule has 7 heteroatoms. The third-order valence-corrected chi connectivity index (χ3v) is 2.29. The summed E-state index contributed by atoms with van der Waals surface area (Å²) < 4.78 is 4.89. The molecule has 1 aromatic rings. The number of nitrogens with two attached hydrogens (primary N) is 1. The molecule has 0 aromatic carbocycles. The number of H-pyrrole nitrogens is 1. The Balaban J connectivity index is 2.36. The van der Waals surface area contributed by atoms with Gasteiger partial charge in [0, 0.05) is 18.5 Å². The maximum absolute atomic E-state index is 11.5. The number of amides is 1. The molecule has 0 fully saturated rings. The van der Waals surface area contributed by atoms with Crippen LogP contribution in [0.15, 0.2) is 6.20 Å². The summed E-state index contributed by atoms with van der Waals surface area (Å²) in [6, 6.07) is 0. The molecule has 0 spiro atoms. The van der Waals surface area contributed by atoms with Crippen LogP contribution in [-0.2, 0) is 16.1 Å². The maximum Gasteiger partial charge on any atom is 0.356 e. The Labute approximate surface area is 105 Å². The Kier molecular flexibility index (Phi) is 5.86. The highest BCUT2D eigenvalue weighted by atomic mass is 16.5. The zero-order valence-corrected chi connectivity index (χ0v) is 10.4. The van der Waals surface area contributed by atoms with E-state index < -0.39 is 5.97 Å². The second kappa shape index (κ2) is 7.44. The van der Waals surface area contributed by atoms with Crippen molar-refractivity contribution in [2.24, 2.45) is 5.73 Å². The van der Waals surface area contributed by atoms with Gasteiger partial charge in [-0.2, -0.15) is 5.10 Å². The van der Waals surface area contributed by atoms with Crippen LogP contribution in [0.1, 0.15) is 35.8 Å².